The van der Waals surface area contributed by atoms with Gasteiger partial charge in [-0.1, -0.05) is 24.3 Å². The molecule has 2 aromatic heterocycles. The number of aromatic nitrogens is 4. The molecule has 32 heavy (non-hydrogen) atoms. The summed E-state index contributed by atoms with van der Waals surface area (Å²) in [6, 6.07) is 16.1. The summed E-state index contributed by atoms with van der Waals surface area (Å²) in [4.78, 5) is 16.5. The zero-order valence-corrected chi connectivity index (χ0v) is 17.6. The molecule has 7 heteroatoms. The first-order valence-electron chi connectivity index (χ1n) is 10.4. The van der Waals surface area contributed by atoms with E-state index < -0.39 is 0 Å². The lowest BCUT2D eigenvalue weighted by Crippen LogP contribution is -2.01. The molecule has 0 spiro atoms. The molecule has 0 amide bonds. The number of nitrogen functional groups attached to an aromatic ring is 1. The van der Waals surface area contributed by atoms with Gasteiger partial charge in [0, 0.05) is 40.8 Å². The van der Waals surface area contributed by atoms with Gasteiger partial charge in [0.1, 0.15) is 11.6 Å². The molecule has 2 aromatic carbocycles. The number of imidazole rings is 1. The number of nitrogens with one attached hydrogen (secondary N) is 3. The summed E-state index contributed by atoms with van der Waals surface area (Å²) in [7, 11) is 0. The van der Waals surface area contributed by atoms with Gasteiger partial charge >= 0.3 is 0 Å². The van der Waals surface area contributed by atoms with Crippen LogP contribution >= 0.6 is 0 Å². The summed E-state index contributed by atoms with van der Waals surface area (Å²) in [6.45, 7) is 1.88. The van der Waals surface area contributed by atoms with Crippen molar-refractivity contribution in [2.24, 2.45) is 0 Å². The van der Waals surface area contributed by atoms with Crippen molar-refractivity contribution >= 4 is 34.2 Å². The molecule has 0 saturated carbocycles. The number of aryl methyl sites for hydroxylation is 1. The van der Waals surface area contributed by atoms with Crippen LogP contribution in [0.25, 0.3) is 22.4 Å². The van der Waals surface area contributed by atoms with Gasteiger partial charge in [-0.3, -0.25) is 0 Å². The van der Waals surface area contributed by atoms with Gasteiger partial charge in [-0.25, -0.2) is 9.97 Å². The average Bonchev–Trinajstić information content (AvgIpc) is 3.02. The van der Waals surface area contributed by atoms with E-state index in [1.807, 2.05) is 43.3 Å². The molecule has 0 aliphatic heterocycles. The Kier molecular flexibility index (Phi) is 5.13. The van der Waals surface area contributed by atoms with E-state index in [1.54, 1.807) is 0 Å². The van der Waals surface area contributed by atoms with Gasteiger partial charge in [0.2, 0.25) is 5.95 Å². The van der Waals surface area contributed by atoms with E-state index in [9.17, 15) is 0 Å². The molecule has 158 valence electrons. The highest BCUT2D eigenvalue weighted by Crippen LogP contribution is 2.26. The number of rotatable bonds is 5. The van der Waals surface area contributed by atoms with E-state index >= 15 is 0 Å². The SMILES string of the molecule is Cc1cc(Nc2ccc3[nH]c(-c4ccc(NC5=CC=CC=CC5)cc4)nc3c2)nc(N)n1. The van der Waals surface area contributed by atoms with Crippen molar-refractivity contribution in [3.8, 4) is 11.4 Å². The van der Waals surface area contributed by atoms with Crippen molar-refractivity contribution in [3.05, 3.63) is 90.3 Å². The van der Waals surface area contributed by atoms with Crippen molar-refractivity contribution in [1.82, 2.24) is 19.9 Å². The van der Waals surface area contributed by atoms with Crippen LogP contribution in [0, 0.1) is 6.92 Å². The van der Waals surface area contributed by atoms with Crippen molar-refractivity contribution in [2.45, 2.75) is 13.3 Å². The summed E-state index contributed by atoms with van der Waals surface area (Å²) in [5, 5.41) is 6.73. The second-order valence-electron chi connectivity index (χ2n) is 7.61. The van der Waals surface area contributed by atoms with Gasteiger partial charge in [0.25, 0.3) is 0 Å². The number of hydrogen-bond donors (Lipinski definition) is 4. The first-order valence-corrected chi connectivity index (χ1v) is 10.4. The van der Waals surface area contributed by atoms with E-state index in [0.29, 0.717) is 5.82 Å². The Bertz CT molecular complexity index is 1340. The second kappa shape index (κ2) is 8.39. The normalized spacial score (nSPS) is 13.1. The summed E-state index contributed by atoms with van der Waals surface area (Å²) in [6.07, 6.45) is 11.2. The molecule has 1 aliphatic carbocycles. The number of benzene rings is 2. The lowest BCUT2D eigenvalue weighted by molar-refractivity contribution is 1.12. The molecule has 0 radical (unpaired) electrons. The van der Waals surface area contributed by atoms with Gasteiger partial charge in [0.15, 0.2) is 0 Å². The highest BCUT2D eigenvalue weighted by atomic mass is 15.1. The number of fused-ring (bicyclic) bond motifs is 1. The second-order valence-corrected chi connectivity index (χ2v) is 7.61. The van der Waals surface area contributed by atoms with E-state index in [0.717, 1.165) is 51.6 Å². The zero-order chi connectivity index (χ0) is 21.9. The zero-order valence-electron chi connectivity index (χ0n) is 17.6. The Morgan fingerprint density at radius 2 is 1.72 bits per heavy atom. The molecule has 0 saturated heterocycles. The smallest absolute Gasteiger partial charge is 0.222 e. The first kappa shape index (κ1) is 19.6. The standard InChI is InChI=1S/C25H23N7/c1-16-14-23(32-25(26)27-16)29-20-12-13-21-22(15-20)31-24(30-21)17-8-10-19(11-9-17)28-18-6-4-2-3-5-7-18/h2-6,8-15,28H,7H2,1H3,(H,30,31)(H3,26,27,29,32). The molecule has 0 atom stereocenters. The summed E-state index contributed by atoms with van der Waals surface area (Å²) >= 11 is 0. The minimum Gasteiger partial charge on any atom is -0.368 e. The fourth-order valence-corrected chi connectivity index (χ4v) is 3.59. The van der Waals surface area contributed by atoms with Gasteiger partial charge in [-0.15, -0.1) is 0 Å². The van der Waals surface area contributed by atoms with Crippen LogP contribution in [0.3, 0.4) is 0 Å². The maximum absolute atomic E-state index is 5.75. The quantitative estimate of drug-likeness (QED) is 0.341. The molecule has 2 heterocycles. The Hall–Kier alpha value is -4.39. The molecule has 0 fully saturated rings. The summed E-state index contributed by atoms with van der Waals surface area (Å²) < 4.78 is 0. The van der Waals surface area contributed by atoms with Crippen LogP contribution in [0.4, 0.5) is 23.1 Å². The van der Waals surface area contributed by atoms with Crippen LogP contribution in [0.5, 0.6) is 0 Å². The van der Waals surface area contributed by atoms with Gasteiger partial charge in [-0.05, 0) is 55.5 Å². The Morgan fingerprint density at radius 1 is 0.875 bits per heavy atom. The average molecular weight is 422 g/mol. The Labute approximate surface area is 185 Å². The fraction of sp³-hybridized carbons (Fsp3) is 0.0800. The van der Waals surface area contributed by atoms with Crippen molar-refractivity contribution in [3.63, 3.8) is 0 Å². The fourth-order valence-electron chi connectivity index (χ4n) is 3.59. The first-order chi connectivity index (χ1) is 15.6. The lowest BCUT2D eigenvalue weighted by Gasteiger charge is -2.09. The number of nitrogens with two attached hydrogens (primary N) is 1. The van der Waals surface area contributed by atoms with Gasteiger partial charge in [-0.2, -0.15) is 4.98 Å². The summed E-state index contributed by atoms with van der Waals surface area (Å²) in [5.74, 6) is 1.73. The minimum absolute atomic E-state index is 0.247. The van der Waals surface area contributed by atoms with Crippen LogP contribution in [-0.4, -0.2) is 19.9 Å². The predicted molar refractivity (Wildman–Crippen MR) is 131 cm³/mol. The molecule has 5 rings (SSSR count). The number of H-pyrrole nitrogens is 1. The maximum Gasteiger partial charge on any atom is 0.222 e. The third kappa shape index (κ3) is 4.37. The third-order valence-electron chi connectivity index (χ3n) is 5.08. The monoisotopic (exact) mass is 421 g/mol. The highest BCUT2D eigenvalue weighted by molar-refractivity contribution is 5.83. The number of hydrogen-bond acceptors (Lipinski definition) is 6. The van der Waals surface area contributed by atoms with Gasteiger partial charge < -0.3 is 21.4 Å². The molecule has 1 aliphatic rings. The number of aromatic amines is 1. The van der Waals surface area contributed by atoms with Crippen LogP contribution in [-0.2, 0) is 0 Å². The van der Waals surface area contributed by atoms with Crippen LogP contribution in [0.1, 0.15) is 12.1 Å². The Morgan fingerprint density at radius 3 is 2.56 bits per heavy atom. The predicted octanol–water partition coefficient (Wildman–Crippen LogP) is 5.47. The van der Waals surface area contributed by atoms with Crippen LogP contribution in [0.15, 0.2) is 84.6 Å². The molecule has 4 aromatic rings. The summed E-state index contributed by atoms with van der Waals surface area (Å²) in [5.41, 5.74) is 12.5. The molecule has 0 bridgehead atoms. The van der Waals surface area contributed by atoms with Crippen LogP contribution < -0.4 is 16.4 Å². The van der Waals surface area contributed by atoms with E-state index in [-0.39, 0.29) is 5.95 Å². The lowest BCUT2D eigenvalue weighted by atomic mass is 10.2. The van der Waals surface area contributed by atoms with Gasteiger partial charge in [0.05, 0.1) is 11.0 Å². The number of allylic oxidation sites excluding steroid dienone is 5. The topological polar surface area (TPSA) is 105 Å². The van der Waals surface area contributed by atoms with E-state index in [2.05, 4.69) is 68.1 Å². The molecular weight excluding hydrogens is 398 g/mol. The van der Waals surface area contributed by atoms with E-state index in [4.69, 9.17) is 10.7 Å². The molecule has 7 nitrogen and oxygen atoms in total. The van der Waals surface area contributed by atoms with Crippen molar-refractivity contribution in [2.75, 3.05) is 16.4 Å². The number of anilines is 4. The third-order valence-corrected chi connectivity index (χ3v) is 5.08. The number of nitrogens with zero attached hydrogens (tertiary/aromatic N) is 3. The highest BCUT2D eigenvalue weighted by Gasteiger charge is 2.08. The largest absolute Gasteiger partial charge is 0.368 e. The molecule has 0 unspecified atom stereocenters. The molecular formula is C25H23N7. The Balaban J connectivity index is 1.35. The van der Waals surface area contributed by atoms with Crippen molar-refractivity contribution in [1.29, 1.82) is 0 Å². The van der Waals surface area contributed by atoms with Crippen LogP contribution in [0.2, 0.25) is 0 Å². The maximum atomic E-state index is 5.75. The van der Waals surface area contributed by atoms with E-state index in [1.165, 1.54) is 0 Å². The minimum atomic E-state index is 0.247. The van der Waals surface area contributed by atoms with Crippen molar-refractivity contribution < 1.29 is 0 Å². The molecule has 5 N–H and O–H groups in total.